The van der Waals surface area contributed by atoms with Crippen LogP contribution in [0.5, 0.6) is 0 Å². The Bertz CT molecular complexity index is 433. The van der Waals surface area contributed by atoms with Crippen molar-refractivity contribution in [2.24, 2.45) is 5.92 Å². The normalized spacial score (nSPS) is 33.0. The van der Waals surface area contributed by atoms with Crippen molar-refractivity contribution in [2.75, 3.05) is 65.3 Å². The van der Waals surface area contributed by atoms with Crippen LogP contribution in [0.25, 0.3) is 0 Å². The van der Waals surface area contributed by atoms with Gasteiger partial charge < -0.3 is 19.6 Å². The number of nitrogens with zero attached hydrogens (tertiary/aromatic N) is 3. The quantitative estimate of drug-likeness (QED) is 0.572. The van der Waals surface area contributed by atoms with E-state index in [4.69, 9.17) is 4.74 Å². The van der Waals surface area contributed by atoms with Gasteiger partial charge in [-0.2, -0.15) is 0 Å². The molecule has 2 aliphatic rings. The molecular weight excluding hydrogens is 333 g/mol. The van der Waals surface area contributed by atoms with Gasteiger partial charge in [-0.25, -0.2) is 0 Å². The Morgan fingerprint density at radius 2 is 1.79 bits per heavy atom. The monoisotopic (exact) mass is 365 g/mol. The molecule has 2 unspecified atom stereocenters. The number of hydrogen-bond acceptors (Lipinski definition) is 6. The number of rotatable bonds is 4. The van der Waals surface area contributed by atoms with Crippen LogP contribution >= 0.6 is 7.60 Å². The Morgan fingerprint density at radius 3 is 2.46 bits per heavy atom. The third kappa shape index (κ3) is 7.45. The molecule has 2 aliphatic heterocycles. The minimum Gasteiger partial charge on any atom is -0.392 e. The summed E-state index contributed by atoms with van der Waals surface area (Å²) in [6.45, 7) is 10.5. The van der Waals surface area contributed by atoms with E-state index in [2.05, 4.69) is 16.7 Å². The van der Waals surface area contributed by atoms with Crippen molar-refractivity contribution in [1.82, 2.24) is 14.7 Å². The van der Waals surface area contributed by atoms with E-state index < -0.39 is 13.7 Å². The smallest absolute Gasteiger partial charge is 0.339 e. The number of aliphatic hydroxyl groups excluding tert-OH is 1. The van der Waals surface area contributed by atoms with Crippen LogP contribution in [-0.2, 0) is 9.30 Å². The van der Waals surface area contributed by atoms with Gasteiger partial charge in [0.25, 0.3) is 0 Å². The molecule has 0 aromatic rings. The van der Waals surface area contributed by atoms with E-state index in [0.717, 1.165) is 26.2 Å². The van der Waals surface area contributed by atoms with Gasteiger partial charge in [0.2, 0.25) is 0 Å². The topological polar surface area (TPSA) is 96.7 Å². The molecule has 3 N–H and O–H groups in total. The second kappa shape index (κ2) is 9.05. The Balaban J connectivity index is 2.09. The maximum Gasteiger partial charge on any atom is 0.339 e. The van der Waals surface area contributed by atoms with Gasteiger partial charge in [-0.15, -0.1) is 0 Å². The van der Waals surface area contributed by atoms with E-state index in [1.54, 1.807) is 6.92 Å². The minimum atomic E-state index is -4.09. The second-order valence-corrected chi connectivity index (χ2v) is 8.91. The third-order valence-corrected chi connectivity index (χ3v) is 5.30. The highest BCUT2D eigenvalue weighted by Crippen LogP contribution is 2.35. The van der Waals surface area contributed by atoms with Crippen molar-refractivity contribution in [3.05, 3.63) is 0 Å². The zero-order chi connectivity index (χ0) is 17.7. The van der Waals surface area contributed by atoms with Crippen molar-refractivity contribution >= 4 is 7.60 Å². The Hall–Kier alpha value is -0.0500. The lowest BCUT2D eigenvalue weighted by atomic mass is 10.1. The predicted molar refractivity (Wildman–Crippen MR) is 91.9 cm³/mol. The number of ether oxygens (including phenoxy) is 1. The van der Waals surface area contributed by atoms with Crippen molar-refractivity contribution in [3.8, 4) is 0 Å². The van der Waals surface area contributed by atoms with Crippen LogP contribution in [0.2, 0.25) is 0 Å². The molecule has 2 rings (SSSR count). The van der Waals surface area contributed by atoms with Gasteiger partial charge in [0.15, 0.2) is 0 Å². The van der Waals surface area contributed by atoms with E-state index >= 15 is 0 Å². The summed E-state index contributed by atoms with van der Waals surface area (Å²) < 4.78 is 17.3. The molecule has 24 heavy (non-hydrogen) atoms. The first-order chi connectivity index (χ1) is 11.2. The SMILES string of the molecule is C[C@H](O)CN1CCN2CC(CO[C@@H](C)C2)CN(CP(=O)(O)O)CC1. The molecule has 9 heteroatoms. The summed E-state index contributed by atoms with van der Waals surface area (Å²) in [5.41, 5.74) is 0. The lowest BCUT2D eigenvalue weighted by molar-refractivity contribution is 0.0498. The first-order valence-corrected chi connectivity index (χ1v) is 10.5. The number of β-amino-alcohol motifs (C(OH)–C–C–N with tert-alkyl or cyclic N) is 1. The molecule has 2 bridgehead atoms. The average molecular weight is 365 g/mol. The van der Waals surface area contributed by atoms with Crippen LogP contribution in [-0.4, -0.2) is 107 Å². The van der Waals surface area contributed by atoms with Crippen molar-refractivity contribution < 1.29 is 24.2 Å². The van der Waals surface area contributed by atoms with Crippen LogP contribution in [0.4, 0.5) is 0 Å². The number of hydrogen-bond donors (Lipinski definition) is 3. The van der Waals surface area contributed by atoms with Crippen molar-refractivity contribution in [3.63, 3.8) is 0 Å². The first kappa shape index (κ1) is 20.3. The molecule has 0 aromatic carbocycles. The lowest BCUT2D eigenvalue weighted by Gasteiger charge is -2.35. The largest absolute Gasteiger partial charge is 0.392 e. The Kier molecular flexibility index (Phi) is 7.64. The van der Waals surface area contributed by atoms with E-state index in [-0.39, 0.29) is 18.3 Å². The highest BCUT2D eigenvalue weighted by molar-refractivity contribution is 7.51. The molecule has 0 saturated carbocycles. The minimum absolute atomic E-state index is 0.163. The van der Waals surface area contributed by atoms with Gasteiger partial charge in [0.05, 0.1) is 18.8 Å². The summed E-state index contributed by atoms with van der Waals surface area (Å²) in [5.74, 6) is 0.254. The third-order valence-electron chi connectivity index (χ3n) is 4.54. The summed E-state index contributed by atoms with van der Waals surface area (Å²) in [4.78, 5) is 25.1. The van der Waals surface area contributed by atoms with E-state index in [9.17, 15) is 19.5 Å². The fraction of sp³-hybridized carbons (Fsp3) is 1.00. The predicted octanol–water partition coefficient (Wildman–Crippen LogP) is -0.543. The van der Waals surface area contributed by atoms with E-state index in [1.165, 1.54) is 0 Å². The average Bonchev–Trinajstić information content (AvgIpc) is 2.60. The lowest BCUT2D eigenvalue weighted by Crippen LogP contribution is -2.47. The molecule has 2 saturated heterocycles. The summed E-state index contributed by atoms with van der Waals surface area (Å²) in [6, 6.07) is 0. The van der Waals surface area contributed by atoms with Crippen LogP contribution in [0.15, 0.2) is 0 Å². The number of fused-ring (bicyclic) bond motifs is 2. The molecule has 0 spiro atoms. The maximum atomic E-state index is 11.5. The zero-order valence-corrected chi connectivity index (χ0v) is 15.6. The van der Waals surface area contributed by atoms with E-state index in [1.807, 2.05) is 4.90 Å². The summed E-state index contributed by atoms with van der Waals surface area (Å²) >= 11 is 0. The fourth-order valence-electron chi connectivity index (χ4n) is 3.58. The Labute approximate surface area is 144 Å². The molecule has 2 fully saturated rings. The molecule has 0 aromatic heterocycles. The Morgan fingerprint density at radius 1 is 1.12 bits per heavy atom. The van der Waals surface area contributed by atoms with Crippen molar-refractivity contribution in [2.45, 2.75) is 26.1 Å². The number of aliphatic hydroxyl groups is 1. The molecule has 0 amide bonds. The highest BCUT2D eigenvalue weighted by Gasteiger charge is 2.28. The van der Waals surface area contributed by atoms with Gasteiger partial charge in [-0.3, -0.25) is 19.3 Å². The van der Waals surface area contributed by atoms with Crippen LogP contribution < -0.4 is 0 Å². The van der Waals surface area contributed by atoms with Gasteiger partial charge in [-0.05, 0) is 13.8 Å². The van der Waals surface area contributed by atoms with Crippen LogP contribution in [0.3, 0.4) is 0 Å². The zero-order valence-electron chi connectivity index (χ0n) is 14.8. The second-order valence-electron chi connectivity index (χ2n) is 7.30. The highest BCUT2D eigenvalue weighted by atomic mass is 31.2. The summed E-state index contributed by atoms with van der Waals surface area (Å²) in [5, 5.41) is 9.69. The van der Waals surface area contributed by atoms with Crippen LogP contribution in [0.1, 0.15) is 13.8 Å². The molecule has 0 aliphatic carbocycles. The van der Waals surface area contributed by atoms with Crippen LogP contribution in [0, 0.1) is 5.92 Å². The molecular formula is C15H32N3O5P. The maximum absolute atomic E-state index is 11.5. The summed E-state index contributed by atoms with van der Waals surface area (Å²) in [6.07, 6.45) is -0.472. The van der Waals surface area contributed by atoms with E-state index in [0.29, 0.717) is 32.8 Å². The van der Waals surface area contributed by atoms with Gasteiger partial charge in [0, 0.05) is 58.3 Å². The molecule has 8 nitrogen and oxygen atoms in total. The van der Waals surface area contributed by atoms with Gasteiger partial charge >= 0.3 is 7.60 Å². The fourth-order valence-corrected chi connectivity index (χ4v) is 4.36. The molecule has 4 atom stereocenters. The standard InChI is InChI=1S/C15H32N3O5P/c1-13(19)7-16-3-5-17-8-14(2)23-11-15(9-17)10-18(6-4-16)12-24(20,21)22/h13-15,19H,3-12H2,1-2H3,(H2,20,21,22)/t13-,14-,15?/m0/s1. The first-order valence-electron chi connectivity index (χ1n) is 8.72. The molecule has 2 heterocycles. The molecule has 0 radical (unpaired) electrons. The summed E-state index contributed by atoms with van der Waals surface area (Å²) in [7, 11) is -4.09. The van der Waals surface area contributed by atoms with Crippen molar-refractivity contribution in [1.29, 1.82) is 0 Å². The van der Waals surface area contributed by atoms with Gasteiger partial charge in [-0.1, -0.05) is 0 Å². The van der Waals surface area contributed by atoms with Gasteiger partial charge in [0.1, 0.15) is 6.29 Å². The molecule has 142 valence electrons.